The number of ketones is 2. The van der Waals surface area contributed by atoms with Gasteiger partial charge in [0.15, 0.2) is 11.6 Å². The van der Waals surface area contributed by atoms with Crippen molar-refractivity contribution < 1.29 is 9.59 Å². The number of carbonyl (C=O) groups is 2. The molecule has 1 aliphatic carbocycles. The van der Waals surface area contributed by atoms with E-state index in [-0.39, 0.29) is 11.6 Å². The quantitative estimate of drug-likeness (QED) is 0.636. The zero-order valence-corrected chi connectivity index (χ0v) is 11.2. The van der Waals surface area contributed by atoms with Crippen molar-refractivity contribution in [3.05, 3.63) is 68.7 Å². The highest BCUT2D eigenvalue weighted by Crippen LogP contribution is 2.30. The minimum absolute atomic E-state index is 0.0733. The lowest BCUT2D eigenvalue weighted by Gasteiger charge is -2.18. The summed E-state index contributed by atoms with van der Waals surface area (Å²) in [5, 5.41) is 0. The summed E-state index contributed by atoms with van der Waals surface area (Å²) in [6, 6.07) is 10.5. The van der Waals surface area contributed by atoms with E-state index < -0.39 is 0 Å². The molecule has 1 aliphatic rings. The molecule has 3 heteroatoms. The number of rotatable bonds is 0. The molecule has 2 aromatic rings. The standard InChI is InChI=1S/C15H9BrO2/c1-8-6-11-12(7-13(8)16)15(18)10-5-3-2-4-9(10)14(11)17/h2-7H,1H3. The van der Waals surface area contributed by atoms with Gasteiger partial charge in [-0.25, -0.2) is 0 Å². The summed E-state index contributed by atoms with van der Waals surface area (Å²) in [6.45, 7) is 1.91. The SMILES string of the molecule is Cc1cc2c(cc1Br)C(=O)c1ccccc1C2=O. The molecule has 88 valence electrons. The van der Waals surface area contributed by atoms with Crippen LogP contribution in [0.25, 0.3) is 0 Å². The van der Waals surface area contributed by atoms with Crippen LogP contribution in [-0.2, 0) is 0 Å². The first kappa shape index (κ1) is 11.4. The summed E-state index contributed by atoms with van der Waals surface area (Å²) in [5.74, 6) is -0.156. The number of halogens is 1. The minimum atomic E-state index is -0.0825. The van der Waals surface area contributed by atoms with Crippen LogP contribution in [0, 0.1) is 6.92 Å². The first-order valence-corrected chi connectivity index (χ1v) is 6.37. The van der Waals surface area contributed by atoms with Gasteiger partial charge >= 0.3 is 0 Å². The van der Waals surface area contributed by atoms with Crippen molar-refractivity contribution in [1.29, 1.82) is 0 Å². The molecule has 2 nitrogen and oxygen atoms in total. The van der Waals surface area contributed by atoms with Crippen molar-refractivity contribution in [3.8, 4) is 0 Å². The van der Waals surface area contributed by atoms with Crippen molar-refractivity contribution >= 4 is 27.5 Å². The fourth-order valence-corrected chi connectivity index (χ4v) is 2.57. The van der Waals surface area contributed by atoms with E-state index in [0.29, 0.717) is 22.3 Å². The summed E-state index contributed by atoms with van der Waals surface area (Å²) in [7, 11) is 0. The number of hydrogen-bond acceptors (Lipinski definition) is 2. The average molecular weight is 301 g/mol. The molecule has 0 saturated heterocycles. The Bertz CT molecular complexity index is 642. The highest BCUT2D eigenvalue weighted by atomic mass is 79.9. The Balaban J connectivity index is 2.34. The van der Waals surface area contributed by atoms with Gasteiger partial charge in [-0.05, 0) is 24.6 Å². The van der Waals surface area contributed by atoms with Crippen molar-refractivity contribution in [1.82, 2.24) is 0 Å². The monoisotopic (exact) mass is 300 g/mol. The minimum Gasteiger partial charge on any atom is -0.289 e. The maximum atomic E-state index is 12.3. The van der Waals surface area contributed by atoms with Crippen LogP contribution in [0.3, 0.4) is 0 Å². The molecule has 0 unspecified atom stereocenters. The molecule has 0 bridgehead atoms. The summed E-state index contributed by atoms with van der Waals surface area (Å²) < 4.78 is 0.849. The van der Waals surface area contributed by atoms with Gasteiger partial charge in [-0.2, -0.15) is 0 Å². The smallest absolute Gasteiger partial charge is 0.194 e. The van der Waals surface area contributed by atoms with E-state index >= 15 is 0 Å². The first-order chi connectivity index (χ1) is 8.59. The maximum Gasteiger partial charge on any atom is 0.194 e. The molecule has 0 fully saturated rings. The summed E-state index contributed by atoms with van der Waals surface area (Å²) in [4.78, 5) is 24.7. The normalized spacial score (nSPS) is 13.2. The fraction of sp³-hybridized carbons (Fsp3) is 0.0667. The van der Waals surface area contributed by atoms with E-state index in [9.17, 15) is 9.59 Å². The molecule has 0 radical (unpaired) electrons. The van der Waals surface area contributed by atoms with E-state index in [2.05, 4.69) is 15.9 Å². The third-order valence-corrected chi connectivity index (χ3v) is 4.06. The van der Waals surface area contributed by atoms with Gasteiger partial charge in [-0.15, -0.1) is 0 Å². The van der Waals surface area contributed by atoms with Crippen molar-refractivity contribution in [2.24, 2.45) is 0 Å². The molecule has 0 aromatic heterocycles. The van der Waals surface area contributed by atoms with Gasteiger partial charge in [0.25, 0.3) is 0 Å². The van der Waals surface area contributed by atoms with E-state index in [0.717, 1.165) is 10.0 Å². The summed E-state index contributed by atoms with van der Waals surface area (Å²) in [6.07, 6.45) is 0. The second kappa shape index (κ2) is 3.89. The number of benzene rings is 2. The Labute approximate surface area is 113 Å². The van der Waals surface area contributed by atoms with Gasteiger partial charge in [-0.1, -0.05) is 40.2 Å². The summed E-state index contributed by atoms with van der Waals surface area (Å²) >= 11 is 3.40. The van der Waals surface area contributed by atoms with Gasteiger partial charge in [0.1, 0.15) is 0 Å². The first-order valence-electron chi connectivity index (χ1n) is 5.58. The molecular formula is C15H9BrO2. The molecule has 0 spiro atoms. The number of fused-ring (bicyclic) bond motifs is 2. The molecule has 0 heterocycles. The molecule has 18 heavy (non-hydrogen) atoms. The van der Waals surface area contributed by atoms with Crippen LogP contribution in [0.1, 0.15) is 37.4 Å². The topological polar surface area (TPSA) is 34.1 Å². The predicted octanol–water partition coefficient (Wildman–Crippen LogP) is 3.53. The number of carbonyl (C=O) groups excluding carboxylic acids is 2. The second-order valence-electron chi connectivity index (χ2n) is 4.35. The third kappa shape index (κ3) is 1.47. The van der Waals surface area contributed by atoms with E-state index in [4.69, 9.17) is 0 Å². The Morgan fingerprint density at radius 2 is 1.33 bits per heavy atom. The average Bonchev–Trinajstić information content (AvgIpc) is 2.38. The Hall–Kier alpha value is -1.74. The molecular weight excluding hydrogens is 292 g/mol. The van der Waals surface area contributed by atoms with E-state index in [1.165, 1.54) is 0 Å². The fourth-order valence-electron chi connectivity index (χ4n) is 2.23. The Morgan fingerprint density at radius 1 is 0.833 bits per heavy atom. The third-order valence-electron chi connectivity index (χ3n) is 3.20. The van der Waals surface area contributed by atoms with Gasteiger partial charge < -0.3 is 0 Å². The van der Waals surface area contributed by atoms with Crippen molar-refractivity contribution in [2.45, 2.75) is 6.92 Å². The number of aryl methyl sites for hydroxylation is 1. The van der Waals surface area contributed by atoms with Crippen LogP contribution in [0.4, 0.5) is 0 Å². The van der Waals surface area contributed by atoms with Crippen LogP contribution in [0.5, 0.6) is 0 Å². The maximum absolute atomic E-state index is 12.3. The van der Waals surface area contributed by atoms with Gasteiger partial charge in [0.05, 0.1) is 0 Å². The highest BCUT2D eigenvalue weighted by Gasteiger charge is 2.29. The van der Waals surface area contributed by atoms with Crippen LogP contribution in [0.2, 0.25) is 0 Å². The molecule has 2 aromatic carbocycles. The summed E-state index contributed by atoms with van der Waals surface area (Å²) in [5.41, 5.74) is 2.92. The zero-order valence-electron chi connectivity index (χ0n) is 9.66. The van der Waals surface area contributed by atoms with Crippen molar-refractivity contribution in [3.63, 3.8) is 0 Å². The number of hydrogen-bond donors (Lipinski definition) is 0. The second-order valence-corrected chi connectivity index (χ2v) is 5.21. The van der Waals surface area contributed by atoms with E-state index in [1.54, 1.807) is 36.4 Å². The van der Waals surface area contributed by atoms with Crippen molar-refractivity contribution in [2.75, 3.05) is 0 Å². The van der Waals surface area contributed by atoms with Crippen LogP contribution >= 0.6 is 15.9 Å². The molecule has 3 rings (SSSR count). The lowest BCUT2D eigenvalue weighted by Crippen LogP contribution is -2.20. The van der Waals surface area contributed by atoms with Gasteiger partial charge in [0.2, 0.25) is 0 Å². The van der Waals surface area contributed by atoms with Gasteiger partial charge in [-0.3, -0.25) is 9.59 Å². The van der Waals surface area contributed by atoms with Crippen LogP contribution < -0.4 is 0 Å². The van der Waals surface area contributed by atoms with Crippen LogP contribution in [0.15, 0.2) is 40.9 Å². The molecule has 0 atom stereocenters. The Morgan fingerprint density at radius 3 is 1.89 bits per heavy atom. The van der Waals surface area contributed by atoms with Gasteiger partial charge in [0, 0.05) is 26.7 Å². The predicted molar refractivity (Wildman–Crippen MR) is 72.2 cm³/mol. The molecule has 0 aliphatic heterocycles. The highest BCUT2D eigenvalue weighted by molar-refractivity contribution is 9.10. The lowest BCUT2D eigenvalue weighted by atomic mass is 9.83. The molecule has 0 N–H and O–H groups in total. The lowest BCUT2D eigenvalue weighted by molar-refractivity contribution is 0.0979. The van der Waals surface area contributed by atoms with Crippen LogP contribution in [-0.4, -0.2) is 11.6 Å². The van der Waals surface area contributed by atoms with E-state index in [1.807, 2.05) is 6.92 Å². The molecule has 0 amide bonds. The largest absolute Gasteiger partial charge is 0.289 e. The molecule has 0 saturated carbocycles. The zero-order chi connectivity index (χ0) is 12.9. The Kier molecular flexibility index (Phi) is 2.45.